The fourth-order valence-electron chi connectivity index (χ4n) is 1.43. The van der Waals surface area contributed by atoms with Crippen molar-refractivity contribution in [3.05, 3.63) is 0 Å². The first-order valence-corrected chi connectivity index (χ1v) is 10.7. The Kier molecular flexibility index (Phi) is 15.5. The summed E-state index contributed by atoms with van der Waals surface area (Å²) >= 11 is -3.15. The van der Waals surface area contributed by atoms with Gasteiger partial charge >= 0.3 is 135 Å². The van der Waals surface area contributed by atoms with Crippen LogP contribution >= 0.6 is 0 Å². The second kappa shape index (κ2) is 15.3. The van der Waals surface area contributed by atoms with Crippen LogP contribution in [-0.4, -0.2) is 26.4 Å². The number of hydrogen-bond acceptors (Lipinski definition) is 4. The quantitative estimate of drug-likeness (QED) is 0.366. The van der Waals surface area contributed by atoms with Crippen LogP contribution in [0.2, 0.25) is 0 Å². The van der Waals surface area contributed by atoms with E-state index >= 15 is 0 Å². The molecule has 0 amide bonds. The molecule has 0 atom stereocenters. The van der Waals surface area contributed by atoms with Gasteiger partial charge in [-0.1, -0.05) is 0 Å². The van der Waals surface area contributed by atoms with Crippen molar-refractivity contribution >= 4 is 0 Å². The van der Waals surface area contributed by atoms with Gasteiger partial charge in [-0.2, -0.15) is 0 Å². The average Bonchev–Trinajstić information content (AvgIpc) is 2.48. The van der Waals surface area contributed by atoms with Crippen molar-refractivity contribution in [2.75, 3.05) is 26.4 Å². The molecule has 0 aliphatic rings. The Balaban J connectivity index is 4.52. The zero-order chi connectivity index (χ0) is 15.8. The number of hydrogen-bond donors (Lipinski definition) is 0. The summed E-state index contributed by atoms with van der Waals surface area (Å²) in [5, 5.41) is 0. The molecule has 0 spiro atoms. The molecule has 5 heteroatoms. The van der Waals surface area contributed by atoms with Crippen LogP contribution in [0.25, 0.3) is 0 Å². The summed E-state index contributed by atoms with van der Waals surface area (Å²) < 4.78 is 24.0. The Bertz CT molecular complexity index is 169. The van der Waals surface area contributed by atoms with Gasteiger partial charge < -0.3 is 0 Å². The first kappa shape index (κ1) is 21.4. The van der Waals surface area contributed by atoms with E-state index in [1.807, 2.05) is 0 Å². The summed E-state index contributed by atoms with van der Waals surface area (Å²) in [5.41, 5.74) is 0. The summed E-state index contributed by atoms with van der Waals surface area (Å²) in [6.07, 6.45) is 8.49. The SMILES string of the molecule is CCCC[O][Cr]([O]CCCC)([O]CCCC)[O]CCCC. The van der Waals surface area contributed by atoms with Crippen molar-refractivity contribution < 1.29 is 29.6 Å². The van der Waals surface area contributed by atoms with Gasteiger partial charge in [-0.3, -0.25) is 0 Å². The predicted octanol–water partition coefficient (Wildman–Crippen LogP) is 5.07. The zero-order valence-electron chi connectivity index (χ0n) is 14.5. The third kappa shape index (κ3) is 11.6. The molecule has 0 aliphatic heterocycles. The van der Waals surface area contributed by atoms with Gasteiger partial charge in [0.05, 0.1) is 0 Å². The van der Waals surface area contributed by atoms with Gasteiger partial charge in [0.25, 0.3) is 0 Å². The van der Waals surface area contributed by atoms with Crippen LogP contribution in [0.4, 0.5) is 0 Å². The Morgan fingerprint density at radius 1 is 0.476 bits per heavy atom. The number of unbranched alkanes of at least 4 members (excludes halogenated alkanes) is 4. The molecule has 4 nitrogen and oxygen atoms in total. The van der Waals surface area contributed by atoms with E-state index in [-0.39, 0.29) is 0 Å². The molecule has 0 aromatic heterocycles. The average molecular weight is 344 g/mol. The van der Waals surface area contributed by atoms with Crippen molar-refractivity contribution in [1.29, 1.82) is 0 Å². The maximum absolute atomic E-state index is 6.00. The molecule has 0 aromatic carbocycles. The van der Waals surface area contributed by atoms with Crippen molar-refractivity contribution in [1.82, 2.24) is 0 Å². The molecule has 130 valence electrons. The molecule has 0 rings (SSSR count). The van der Waals surface area contributed by atoms with Gasteiger partial charge in [0.15, 0.2) is 0 Å². The van der Waals surface area contributed by atoms with Crippen LogP contribution in [0.1, 0.15) is 79.1 Å². The van der Waals surface area contributed by atoms with E-state index in [9.17, 15) is 0 Å². The maximum atomic E-state index is 6.00. The monoisotopic (exact) mass is 344 g/mol. The molecular weight excluding hydrogens is 308 g/mol. The third-order valence-electron chi connectivity index (χ3n) is 2.90. The predicted molar refractivity (Wildman–Crippen MR) is 83.4 cm³/mol. The molecular formula is C16H36CrO4. The Labute approximate surface area is 135 Å². The van der Waals surface area contributed by atoms with E-state index in [1.165, 1.54) is 0 Å². The van der Waals surface area contributed by atoms with Crippen LogP contribution in [-0.2, 0) is 29.6 Å². The molecule has 0 aliphatic carbocycles. The second-order valence-electron chi connectivity index (χ2n) is 5.11. The summed E-state index contributed by atoms with van der Waals surface area (Å²) in [6, 6.07) is 0. The fraction of sp³-hybridized carbons (Fsp3) is 1.00. The first-order valence-electron chi connectivity index (χ1n) is 8.65. The summed E-state index contributed by atoms with van der Waals surface area (Å²) in [5.74, 6) is 0. The molecule has 0 radical (unpaired) electrons. The van der Waals surface area contributed by atoms with Crippen LogP contribution in [0.5, 0.6) is 0 Å². The van der Waals surface area contributed by atoms with E-state index in [4.69, 9.17) is 15.2 Å². The minimum atomic E-state index is -3.15. The Morgan fingerprint density at radius 3 is 0.905 bits per heavy atom. The van der Waals surface area contributed by atoms with Gasteiger partial charge in [0, 0.05) is 0 Å². The Morgan fingerprint density at radius 2 is 0.714 bits per heavy atom. The fourth-order valence-corrected chi connectivity index (χ4v) is 4.07. The van der Waals surface area contributed by atoms with Crippen LogP contribution in [0.3, 0.4) is 0 Å². The van der Waals surface area contributed by atoms with Gasteiger partial charge in [-0.05, 0) is 0 Å². The topological polar surface area (TPSA) is 36.9 Å². The minimum absolute atomic E-state index is 0.668. The second-order valence-corrected chi connectivity index (χ2v) is 7.86. The molecule has 0 unspecified atom stereocenters. The normalized spacial score (nSPS) is 12.8. The first-order chi connectivity index (χ1) is 10.2. The van der Waals surface area contributed by atoms with Gasteiger partial charge in [0.1, 0.15) is 0 Å². The van der Waals surface area contributed by atoms with E-state index < -0.39 is 14.4 Å². The molecule has 0 saturated heterocycles. The van der Waals surface area contributed by atoms with Crippen LogP contribution < -0.4 is 0 Å². The van der Waals surface area contributed by atoms with E-state index in [0.29, 0.717) is 26.4 Å². The van der Waals surface area contributed by atoms with E-state index in [1.54, 1.807) is 0 Å². The van der Waals surface area contributed by atoms with Gasteiger partial charge in [0.2, 0.25) is 0 Å². The van der Waals surface area contributed by atoms with Gasteiger partial charge in [-0.25, -0.2) is 0 Å². The molecule has 0 N–H and O–H groups in total. The standard InChI is InChI=1S/4C4H9O.Cr/c4*1-2-3-4-5;/h4*2-4H2,1H3;/q4*-1;+4. The van der Waals surface area contributed by atoms with Crippen molar-refractivity contribution in [3.63, 3.8) is 0 Å². The molecule has 0 bridgehead atoms. The Hall–Kier alpha value is 0.372. The van der Waals surface area contributed by atoms with Crippen molar-refractivity contribution in [3.8, 4) is 0 Å². The molecule has 21 heavy (non-hydrogen) atoms. The summed E-state index contributed by atoms with van der Waals surface area (Å²) in [4.78, 5) is 0. The van der Waals surface area contributed by atoms with Crippen molar-refractivity contribution in [2.24, 2.45) is 0 Å². The van der Waals surface area contributed by atoms with E-state index in [0.717, 1.165) is 51.4 Å². The van der Waals surface area contributed by atoms with Crippen LogP contribution in [0, 0.1) is 0 Å². The third-order valence-corrected chi connectivity index (χ3v) is 5.75. The summed E-state index contributed by atoms with van der Waals surface area (Å²) in [7, 11) is 0. The molecule has 0 fully saturated rings. The molecule has 0 heterocycles. The van der Waals surface area contributed by atoms with Gasteiger partial charge in [-0.15, -0.1) is 0 Å². The molecule has 0 aromatic rings. The molecule has 0 saturated carbocycles. The van der Waals surface area contributed by atoms with E-state index in [2.05, 4.69) is 27.7 Å². The zero-order valence-corrected chi connectivity index (χ0v) is 15.8. The van der Waals surface area contributed by atoms with Crippen LogP contribution in [0.15, 0.2) is 0 Å². The summed E-state index contributed by atoms with van der Waals surface area (Å²) in [6.45, 7) is 11.3. The number of rotatable bonds is 16. The van der Waals surface area contributed by atoms with Crippen molar-refractivity contribution in [2.45, 2.75) is 79.1 Å².